The third-order valence-electron chi connectivity index (χ3n) is 3.49. The van der Waals surface area contributed by atoms with Gasteiger partial charge in [-0.25, -0.2) is 0 Å². The summed E-state index contributed by atoms with van der Waals surface area (Å²) in [5.74, 6) is -0.137. The number of nitrogens with zero attached hydrogens (tertiary/aromatic N) is 3. The number of aromatic nitrogens is 3. The van der Waals surface area contributed by atoms with Gasteiger partial charge in [0.15, 0.2) is 10.8 Å². The number of amides is 1. The zero-order chi connectivity index (χ0) is 16.6. The molecule has 23 heavy (non-hydrogen) atoms. The molecule has 3 rings (SSSR count). The van der Waals surface area contributed by atoms with Crippen LogP contribution in [0, 0.1) is 0 Å². The molecule has 1 aliphatic heterocycles. The maximum Gasteiger partial charge on any atom is 0.417 e. The predicted octanol–water partition coefficient (Wildman–Crippen LogP) is 3.16. The Kier molecular flexibility index (Phi) is 4.41. The molecule has 124 valence electrons. The van der Waals surface area contributed by atoms with E-state index in [1.165, 1.54) is 4.40 Å². The fraction of sp³-hybridized carbons (Fsp3) is 0.462. The highest BCUT2D eigenvalue weighted by molar-refractivity contribution is 8.00. The normalized spacial score (nSPS) is 19.7. The molecule has 0 spiro atoms. The molecule has 1 amide bonds. The summed E-state index contributed by atoms with van der Waals surface area (Å²) in [6.45, 7) is 0.612. The smallest absolute Gasteiger partial charge is 0.355 e. The lowest BCUT2D eigenvalue weighted by molar-refractivity contribution is -0.137. The van der Waals surface area contributed by atoms with Gasteiger partial charge in [0.2, 0.25) is 5.91 Å². The van der Waals surface area contributed by atoms with Gasteiger partial charge in [-0.05, 0) is 18.9 Å². The number of fused-ring (bicyclic) bond motifs is 1. The van der Waals surface area contributed by atoms with Crippen LogP contribution in [0.1, 0.15) is 24.8 Å². The maximum atomic E-state index is 12.9. The fourth-order valence-electron chi connectivity index (χ4n) is 2.32. The summed E-state index contributed by atoms with van der Waals surface area (Å²) in [5.41, 5.74) is -0.752. The summed E-state index contributed by atoms with van der Waals surface area (Å²) in [7, 11) is 0. The van der Waals surface area contributed by atoms with E-state index in [2.05, 4.69) is 15.5 Å². The van der Waals surface area contributed by atoms with E-state index >= 15 is 0 Å². The van der Waals surface area contributed by atoms with Crippen molar-refractivity contribution >= 4 is 34.9 Å². The van der Waals surface area contributed by atoms with Gasteiger partial charge in [-0.2, -0.15) is 13.2 Å². The van der Waals surface area contributed by atoms with Crippen LogP contribution in [-0.2, 0) is 11.0 Å². The van der Waals surface area contributed by atoms with Crippen LogP contribution in [-0.4, -0.2) is 32.3 Å². The first-order valence-corrected chi connectivity index (χ1v) is 8.18. The molecule has 2 aromatic rings. The summed E-state index contributed by atoms with van der Waals surface area (Å²) in [5, 5.41) is 10.2. The topological polar surface area (TPSA) is 59.3 Å². The first-order valence-electron chi connectivity index (χ1n) is 6.92. The third kappa shape index (κ3) is 3.40. The second kappa shape index (κ2) is 6.20. The minimum absolute atomic E-state index is 0.135. The number of halogens is 4. The molecule has 10 heteroatoms. The monoisotopic (exact) mass is 364 g/mol. The number of nitrogens with one attached hydrogen (secondary N) is 1. The van der Waals surface area contributed by atoms with E-state index in [4.69, 9.17) is 11.6 Å². The van der Waals surface area contributed by atoms with Gasteiger partial charge in [-0.1, -0.05) is 29.8 Å². The Morgan fingerprint density at radius 2 is 2.13 bits per heavy atom. The highest BCUT2D eigenvalue weighted by Gasteiger charge is 2.33. The zero-order valence-electron chi connectivity index (χ0n) is 11.7. The molecule has 5 nitrogen and oxygen atoms in total. The molecule has 0 aromatic carbocycles. The number of rotatable bonds is 2. The average Bonchev–Trinajstić information content (AvgIpc) is 2.77. The van der Waals surface area contributed by atoms with Crippen molar-refractivity contribution in [3.8, 4) is 0 Å². The van der Waals surface area contributed by atoms with Gasteiger partial charge in [-0.15, -0.1) is 10.2 Å². The van der Waals surface area contributed by atoms with Crippen LogP contribution in [0.4, 0.5) is 13.2 Å². The maximum absolute atomic E-state index is 12.9. The number of hydrogen-bond acceptors (Lipinski definition) is 4. The molecular weight excluding hydrogens is 353 g/mol. The third-order valence-corrected chi connectivity index (χ3v) is 4.99. The van der Waals surface area contributed by atoms with Crippen molar-refractivity contribution in [2.24, 2.45) is 0 Å². The highest BCUT2D eigenvalue weighted by Crippen LogP contribution is 2.34. The molecule has 0 aliphatic carbocycles. The number of carbonyl (C=O) groups is 1. The molecule has 0 bridgehead atoms. The fourth-order valence-corrected chi connectivity index (χ4v) is 3.64. The number of thioether (sulfide) groups is 1. The Morgan fingerprint density at radius 1 is 1.35 bits per heavy atom. The van der Waals surface area contributed by atoms with Crippen molar-refractivity contribution in [1.82, 2.24) is 19.9 Å². The van der Waals surface area contributed by atoms with Crippen molar-refractivity contribution in [3.05, 3.63) is 22.8 Å². The Labute approximate surface area is 138 Å². The van der Waals surface area contributed by atoms with E-state index in [0.29, 0.717) is 13.0 Å². The Morgan fingerprint density at radius 3 is 2.87 bits per heavy atom. The average molecular weight is 365 g/mol. The minimum Gasteiger partial charge on any atom is -0.355 e. The molecule has 0 unspecified atom stereocenters. The van der Waals surface area contributed by atoms with E-state index in [9.17, 15) is 18.0 Å². The standard InChI is InChI=1S/C13H12ClF3N4OS/c14-8-5-7(13(15,16)17)6-21-10(8)19-20-12(21)23-9-3-1-2-4-18-11(9)22/h5-6,9H,1-4H2,(H,18,22)/t9-/m1/s1. The molecule has 1 atom stereocenters. The lowest BCUT2D eigenvalue weighted by Crippen LogP contribution is -2.30. The van der Waals surface area contributed by atoms with Crippen molar-refractivity contribution in [3.63, 3.8) is 0 Å². The molecule has 1 N–H and O–H groups in total. The SMILES string of the molecule is O=C1NCCCC[C@H]1Sc1nnc2c(Cl)cc(C(F)(F)F)cn12. The second-order valence-corrected chi connectivity index (χ2v) is 6.72. The number of carbonyl (C=O) groups excluding carboxylic acids is 1. The summed E-state index contributed by atoms with van der Waals surface area (Å²) in [4.78, 5) is 12.0. The Balaban J connectivity index is 1.97. The van der Waals surface area contributed by atoms with Crippen molar-refractivity contribution < 1.29 is 18.0 Å². The van der Waals surface area contributed by atoms with Gasteiger partial charge in [0.1, 0.15) is 0 Å². The molecule has 1 saturated heterocycles. The van der Waals surface area contributed by atoms with Gasteiger partial charge in [0, 0.05) is 12.7 Å². The van der Waals surface area contributed by atoms with Crippen LogP contribution in [0.2, 0.25) is 5.02 Å². The Hall–Kier alpha value is -1.48. The van der Waals surface area contributed by atoms with E-state index in [1.807, 2.05) is 0 Å². The van der Waals surface area contributed by atoms with Crippen LogP contribution in [0.5, 0.6) is 0 Å². The summed E-state index contributed by atoms with van der Waals surface area (Å²) < 4.78 is 40.0. The molecule has 0 saturated carbocycles. The van der Waals surface area contributed by atoms with Gasteiger partial charge in [-0.3, -0.25) is 9.20 Å². The lowest BCUT2D eigenvalue weighted by atomic mass is 10.2. The molecule has 0 radical (unpaired) electrons. The van der Waals surface area contributed by atoms with E-state index in [1.54, 1.807) is 0 Å². The zero-order valence-corrected chi connectivity index (χ0v) is 13.3. The van der Waals surface area contributed by atoms with Crippen LogP contribution in [0.15, 0.2) is 17.4 Å². The van der Waals surface area contributed by atoms with Gasteiger partial charge >= 0.3 is 6.18 Å². The van der Waals surface area contributed by atoms with Crippen molar-refractivity contribution in [2.75, 3.05) is 6.54 Å². The number of alkyl halides is 3. The largest absolute Gasteiger partial charge is 0.417 e. The van der Waals surface area contributed by atoms with Gasteiger partial charge in [0.05, 0.1) is 15.8 Å². The van der Waals surface area contributed by atoms with E-state index in [0.717, 1.165) is 36.9 Å². The van der Waals surface area contributed by atoms with Crippen LogP contribution in [0.3, 0.4) is 0 Å². The van der Waals surface area contributed by atoms with Crippen molar-refractivity contribution in [2.45, 2.75) is 35.8 Å². The van der Waals surface area contributed by atoms with E-state index in [-0.39, 0.29) is 21.7 Å². The molecule has 3 heterocycles. The van der Waals surface area contributed by atoms with Crippen molar-refractivity contribution in [1.29, 1.82) is 0 Å². The summed E-state index contributed by atoms with van der Waals surface area (Å²) in [6.07, 6.45) is -1.24. The van der Waals surface area contributed by atoms with Crippen LogP contribution >= 0.6 is 23.4 Å². The lowest BCUT2D eigenvalue weighted by Gasteiger charge is -2.12. The van der Waals surface area contributed by atoms with E-state index < -0.39 is 17.0 Å². The van der Waals surface area contributed by atoms with Crippen LogP contribution < -0.4 is 5.32 Å². The predicted molar refractivity (Wildman–Crippen MR) is 79.5 cm³/mol. The molecule has 1 aliphatic rings. The first-order chi connectivity index (χ1) is 10.9. The molecule has 1 fully saturated rings. The Bertz CT molecular complexity index is 749. The molecular formula is C13H12ClF3N4OS. The highest BCUT2D eigenvalue weighted by atomic mass is 35.5. The minimum atomic E-state index is -4.52. The quantitative estimate of drug-likeness (QED) is 0.889. The van der Waals surface area contributed by atoms with Gasteiger partial charge < -0.3 is 5.32 Å². The van der Waals surface area contributed by atoms with Gasteiger partial charge in [0.25, 0.3) is 0 Å². The number of pyridine rings is 1. The second-order valence-electron chi connectivity index (χ2n) is 5.14. The molecule has 2 aromatic heterocycles. The summed E-state index contributed by atoms with van der Waals surface area (Å²) in [6, 6.07) is 0.818. The van der Waals surface area contributed by atoms with Crippen LogP contribution in [0.25, 0.3) is 5.65 Å². The number of hydrogen-bond donors (Lipinski definition) is 1. The summed E-state index contributed by atoms with van der Waals surface area (Å²) >= 11 is 6.97. The first kappa shape index (κ1) is 16.4.